The van der Waals surface area contributed by atoms with E-state index in [4.69, 9.17) is 16.3 Å². The molecule has 0 aliphatic rings. The molecular formula is C20H17ClO3. The summed E-state index contributed by atoms with van der Waals surface area (Å²) in [5.74, 6) is -0.395. The van der Waals surface area contributed by atoms with E-state index >= 15 is 0 Å². The van der Waals surface area contributed by atoms with Crippen LogP contribution >= 0.6 is 11.6 Å². The van der Waals surface area contributed by atoms with Crippen molar-refractivity contribution in [3.63, 3.8) is 0 Å². The number of carbonyl (C=O) groups excluding carboxylic acids is 2. The zero-order valence-electron chi connectivity index (χ0n) is 13.1. The zero-order valence-corrected chi connectivity index (χ0v) is 13.9. The standard InChI is InChI=1S/C20H17ClO3/c21-19(22)9-10-20(23)24-12-11-18-16-7-3-1-5-14(16)13-15-6-2-4-8-17(15)18/h1-8,13H,9-12H2. The van der Waals surface area contributed by atoms with Gasteiger partial charge in [0.15, 0.2) is 0 Å². The molecule has 4 heteroatoms. The second kappa shape index (κ2) is 7.45. The van der Waals surface area contributed by atoms with Crippen molar-refractivity contribution in [2.75, 3.05) is 6.61 Å². The van der Waals surface area contributed by atoms with E-state index in [9.17, 15) is 9.59 Å². The lowest BCUT2D eigenvalue weighted by Gasteiger charge is -2.12. The quantitative estimate of drug-likeness (QED) is 0.373. The topological polar surface area (TPSA) is 43.4 Å². The highest BCUT2D eigenvalue weighted by Crippen LogP contribution is 2.28. The van der Waals surface area contributed by atoms with Crippen LogP contribution in [-0.2, 0) is 20.7 Å². The second-order valence-electron chi connectivity index (χ2n) is 5.62. The van der Waals surface area contributed by atoms with Crippen LogP contribution in [0.5, 0.6) is 0 Å². The minimum Gasteiger partial charge on any atom is -0.465 e. The van der Waals surface area contributed by atoms with Crippen molar-refractivity contribution in [3.05, 3.63) is 60.2 Å². The lowest BCUT2D eigenvalue weighted by molar-refractivity contribution is -0.144. The second-order valence-corrected chi connectivity index (χ2v) is 6.04. The molecule has 0 aliphatic heterocycles. The Kier molecular flexibility index (Phi) is 5.11. The maximum atomic E-state index is 11.6. The number of rotatable bonds is 6. The minimum absolute atomic E-state index is 0.0115. The van der Waals surface area contributed by atoms with Gasteiger partial charge in [-0.25, -0.2) is 0 Å². The smallest absolute Gasteiger partial charge is 0.306 e. The van der Waals surface area contributed by atoms with E-state index in [2.05, 4.69) is 30.3 Å². The molecule has 0 fully saturated rings. The lowest BCUT2D eigenvalue weighted by Crippen LogP contribution is -2.09. The van der Waals surface area contributed by atoms with Gasteiger partial charge in [-0.05, 0) is 44.8 Å². The Labute approximate surface area is 145 Å². The summed E-state index contributed by atoms with van der Waals surface area (Å²) in [4.78, 5) is 22.3. The summed E-state index contributed by atoms with van der Waals surface area (Å²) in [6, 6.07) is 18.6. The molecule has 0 saturated carbocycles. The normalized spacial score (nSPS) is 10.9. The number of carbonyl (C=O) groups is 2. The summed E-state index contributed by atoms with van der Waals surface area (Å²) in [7, 11) is 0. The van der Waals surface area contributed by atoms with Gasteiger partial charge in [-0.2, -0.15) is 0 Å². The van der Waals surface area contributed by atoms with Crippen molar-refractivity contribution in [2.45, 2.75) is 19.3 Å². The fourth-order valence-corrected chi connectivity index (χ4v) is 3.01. The number of esters is 1. The molecule has 24 heavy (non-hydrogen) atoms. The molecule has 0 saturated heterocycles. The predicted molar refractivity (Wildman–Crippen MR) is 96.2 cm³/mol. The molecule has 0 heterocycles. The highest BCUT2D eigenvalue weighted by Gasteiger charge is 2.10. The van der Waals surface area contributed by atoms with Crippen molar-refractivity contribution in [3.8, 4) is 0 Å². The van der Waals surface area contributed by atoms with Crippen LogP contribution < -0.4 is 0 Å². The first kappa shape index (κ1) is 16.5. The van der Waals surface area contributed by atoms with Gasteiger partial charge >= 0.3 is 5.97 Å². The molecule has 3 aromatic rings. The van der Waals surface area contributed by atoms with E-state index < -0.39 is 11.2 Å². The summed E-state index contributed by atoms with van der Waals surface area (Å²) in [5, 5.41) is 4.16. The van der Waals surface area contributed by atoms with E-state index in [1.807, 2.05) is 24.3 Å². The molecule has 0 spiro atoms. The number of ether oxygens (including phenoxy) is 1. The largest absolute Gasteiger partial charge is 0.465 e. The number of hydrogen-bond donors (Lipinski definition) is 0. The Hall–Kier alpha value is -2.39. The van der Waals surface area contributed by atoms with E-state index in [1.54, 1.807) is 0 Å². The van der Waals surface area contributed by atoms with Gasteiger partial charge < -0.3 is 4.74 Å². The fraction of sp³-hybridized carbons (Fsp3) is 0.200. The summed E-state index contributed by atoms with van der Waals surface area (Å²) in [6.45, 7) is 0.285. The molecule has 0 amide bonds. The maximum absolute atomic E-state index is 11.6. The van der Waals surface area contributed by atoms with Crippen molar-refractivity contribution in [2.24, 2.45) is 0 Å². The summed E-state index contributed by atoms with van der Waals surface area (Å²) in [6.07, 6.45) is 0.665. The molecule has 122 valence electrons. The average Bonchev–Trinajstić information content (AvgIpc) is 2.59. The van der Waals surface area contributed by atoms with Gasteiger partial charge in [-0.3, -0.25) is 9.59 Å². The summed E-state index contributed by atoms with van der Waals surface area (Å²) < 4.78 is 5.24. The molecule has 0 aliphatic carbocycles. The highest BCUT2D eigenvalue weighted by molar-refractivity contribution is 6.63. The van der Waals surface area contributed by atoms with Crippen LogP contribution in [0.1, 0.15) is 18.4 Å². The van der Waals surface area contributed by atoms with Crippen LogP contribution in [0.15, 0.2) is 54.6 Å². The van der Waals surface area contributed by atoms with Gasteiger partial charge in [-0.15, -0.1) is 0 Å². The van der Waals surface area contributed by atoms with Crippen LogP contribution in [0.25, 0.3) is 21.5 Å². The van der Waals surface area contributed by atoms with Gasteiger partial charge in [0.05, 0.1) is 13.0 Å². The lowest BCUT2D eigenvalue weighted by atomic mass is 9.95. The third-order valence-corrected chi connectivity index (χ3v) is 4.21. The van der Waals surface area contributed by atoms with E-state index in [0.717, 1.165) is 0 Å². The average molecular weight is 341 g/mol. The molecule has 0 atom stereocenters. The molecule has 3 rings (SSSR count). The van der Waals surface area contributed by atoms with Crippen LogP contribution in [0.2, 0.25) is 0 Å². The molecule has 0 N–H and O–H groups in total. The van der Waals surface area contributed by atoms with Crippen LogP contribution in [-0.4, -0.2) is 17.8 Å². The Balaban J connectivity index is 1.82. The highest BCUT2D eigenvalue weighted by atomic mass is 35.5. The third-order valence-electron chi connectivity index (χ3n) is 4.02. The Morgan fingerprint density at radius 2 is 1.46 bits per heavy atom. The molecule has 3 nitrogen and oxygen atoms in total. The number of fused-ring (bicyclic) bond motifs is 2. The van der Waals surface area contributed by atoms with Gasteiger partial charge in [0.1, 0.15) is 0 Å². The van der Waals surface area contributed by atoms with Gasteiger partial charge in [0, 0.05) is 12.8 Å². The molecular weight excluding hydrogens is 324 g/mol. The van der Waals surface area contributed by atoms with Gasteiger partial charge in [-0.1, -0.05) is 48.5 Å². The van der Waals surface area contributed by atoms with Crippen LogP contribution in [0, 0.1) is 0 Å². The van der Waals surface area contributed by atoms with Gasteiger partial charge in [0.2, 0.25) is 5.24 Å². The number of hydrogen-bond acceptors (Lipinski definition) is 3. The Bertz CT molecular complexity index is 848. The monoisotopic (exact) mass is 340 g/mol. The molecule has 0 radical (unpaired) electrons. The van der Waals surface area contributed by atoms with E-state index in [1.165, 1.54) is 27.1 Å². The first-order valence-electron chi connectivity index (χ1n) is 7.88. The minimum atomic E-state index is -0.521. The molecule has 0 bridgehead atoms. The first-order chi connectivity index (χ1) is 11.6. The van der Waals surface area contributed by atoms with E-state index in [0.29, 0.717) is 6.42 Å². The van der Waals surface area contributed by atoms with Crippen molar-refractivity contribution in [1.29, 1.82) is 0 Å². The fourth-order valence-electron chi connectivity index (χ4n) is 2.92. The number of benzene rings is 3. The SMILES string of the molecule is O=C(Cl)CCC(=O)OCCc1c2ccccc2cc2ccccc12. The first-order valence-corrected chi connectivity index (χ1v) is 8.26. The Morgan fingerprint density at radius 3 is 2.04 bits per heavy atom. The van der Waals surface area contributed by atoms with Crippen LogP contribution in [0.4, 0.5) is 0 Å². The van der Waals surface area contributed by atoms with Crippen molar-refractivity contribution < 1.29 is 14.3 Å². The molecule has 0 aromatic heterocycles. The maximum Gasteiger partial charge on any atom is 0.306 e. The summed E-state index contributed by atoms with van der Waals surface area (Å²) in [5.41, 5.74) is 1.17. The van der Waals surface area contributed by atoms with Gasteiger partial charge in [0.25, 0.3) is 0 Å². The van der Waals surface area contributed by atoms with Crippen molar-refractivity contribution >= 4 is 44.4 Å². The summed E-state index contributed by atoms with van der Waals surface area (Å²) >= 11 is 5.24. The van der Waals surface area contributed by atoms with E-state index in [-0.39, 0.29) is 19.4 Å². The zero-order chi connectivity index (χ0) is 16.9. The number of halogens is 1. The Morgan fingerprint density at radius 1 is 0.875 bits per heavy atom. The third kappa shape index (κ3) is 3.74. The molecule has 0 unspecified atom stereocenters. The predicted octanol–water partition coefficient (Wildman–Crippen LogP) is 4.62. The van der Waals surface area contributed by atoms with Crippen molar-refractivity contribution in [1.82, 2.24) is 0 Å². The van der Waals surface area contributed by atoms with Crippen LogP contribution in [0.3, 0.4) is 0 Å². The molecule has 3 aromatic carbocycles.